The number of nitrogens with zero attached hydrogens (tertiary/aromatic N) is 8. The Bertz CT molecular complexity index is 2300. The van der Waals surface area contributed by atoms with Gasteiger partial charge in [0.1, 0.15) is 23.8 Å². The van der Waals surface area contributed by atoms with Crippen molar-refractivity contribution >= 4 is 46.8 Å². The van der Waals surface area contributed by atoms with Crippen LogP contribution in [0.25, 0.3) is 0 Å². The first-order valence-corrected chi connectivity index (χ1v) is 20.6. The minimum Gasteiger partial charge on any atom is -0.442 e. The first-order chi connectivity index (χ1) is 28.9. The van der Waals surface area contributed by atoms with Crippen LogP contribution in [0.2, 0.25) is 0 Å². The molecule has 60 heavy (non-hydrogen) atoms. The Kier molecular flexibility index (Phi) is 10.5. The molecule has 2 aromatic heterocycles. The van der Waals surface area contributed by atoms with Crippen LogP contribution in [0.4, 0.5) is 41.1 Å². The third-order valence-electron chi connectivity index (χ3n) is 11.7. The molecule has 0 radical (unpaired) electrons. The molecule has 2 atom stereocenters. The van der Waals surface area contributed by atoms with Gasteiger partial charge in [0.15, 0.2) is 0 Å². The van der Waals surface area contributed by atoms with Crippen LogP contribution in [-0.4, -0.2) is 81.9 Å². The number of carbonyl (C=O) groups is 4. The zero-order chi connectivity index (χ0) is 41.7. The summed E-state index contributed by atoms with van der Waals surface area (Å²) in [7, 11) is 0. The average Bonchev–Trinajstić information content (AvgIpc) is 3.83. The van der Waals surface area contributed by atoms with Crippen LogP contribution >= 0.6 is 0 Å². The highest BCUT2D eigenvalue weighted by Gasteiger charge is 2.36. The molecule has 316 valence electrons. The summed E-state index contributed by atoms with van der Waals surface area (Å²) in [5.41, 5.74) is 6.34. The van der Waals surface area contributed by atoms with E-state index in [1.807, 2.05) is 20.7 Å². The molecule has 4 aromatic rings. The number of cyclic esters (lactones) is 2. The number of halogens is 2. The van der Waals surface area contributed by atoms with Crippen LogP contribution in [0.1, 0.15) is 62.0 Å². The Morgan fingerprint density at radius 1 is 0.733 bits per heavy atom. The Hall–Kier alpha value is -6.20. The number of ether oxygens (including phenoxy) is 2. The monoisotopic (exact) mass is 826 g/mol. The van der Waals surface area contributed by atoms with Crippen LogP contribution in [0.5, 0.6) is 0 Å². The van der Waals surface area contributed by atoms with Crippen LogP contribution in [0.3, 0.4) is 0 Å². The van der Waals surface area contributed by atoms with E-state index < -0.39 is 24.4 Å². The molecule has 2 aromatic carbocycles. The maximum atomic E-state index is 15.0. The third kappa shape index (κ3) is 8.58. The summed E-state index contributed by atoms with van der Waals surface area (Å²) < 4.78 is 44.5. The molecule has 6 heterocycles. The maximum Gasteiger partial charge on any atom is 0.414 e. The number of anilines is 4. The highest BCUT2D eigenvalue weighted by atomic mass is 19.1. The van der Waals surface area contributed by atoms with E-state index in [0.717, 1.165) is 47.4 Å². The van der Waals surface area contributed by atoms with E-state index in [0.29, 0.717) is 48.9 Å². The van der Waals surface area contributed by atoms with Gasteiger partial charge in [-0.15, -0.1) is 0 Å². The first-order valence-electron chi connectivity index (χ1n) is 20.6. The van der Waals surface area contributed by atoms with Gasteiger partial charge in [0.25, 0.3) is 0 Å². The van der Waals surface area contributed by atoms with E-state index in [-0.39, 0.29) is 49.6 Å². The Balaban J connectivity index is 0.000000154. The highest BCUT2D eigenvalue weighted by Crippen LogP contribution is 2.37. The predicted octanol–water partition coefficient (Wildman–Crippen LogP) is 4.83. The number of carbonyl (C=O) groups excluding carboxylic acids is 4. The van der Waals surface area contributed by atoms with Crippen molar-refractivity contribution in [2.45, 2.75) is 91.0 Å². The lowest BCUT2D eigenvalue weighted by Gasteiger charge is -2.21. The molecule has 6 aliphatic rings. The third-order valence-corrected chi connectivity index (χ3v) is 11.7. The summed E-state index contributed by atoms with van der Waals surface area (Å²) in [6.07, 6.45) is 7.08. The first kappa shape index (κ1) is 39.3. The van der Waals surface area contributed by atoms with Crippen molar-refractivity contribution in [1.29, 1.82) is 0 Å². The smallest absolute Gasteiger partial charge is 0.414 e. The summed E-state index contributed by atoms with van der Waals surface area (Å²) in [5.74, 6) is 0.353. The second-order valence-corrected chi connectivity index (χ2v) is 16.6. The minimum absolute atomic E-state index is 0.188. The van der Waals surface area contributed by atoms with Gasteiger partial charge in [-0.2, -0.15) is 10.2 Å². The maximum absolute atomic E-state index is 15.0. The molecule has 16 nitrogen and oxygen atoms in total. The van der Waals surface area contributed by atoms with Gasteiger partial charge < -0.3 is 29.9 Å². The molecule has 2 saturated carbocycles. The molecule has 0 unspecified atom stereocenters. The minimum atomic E-state index is -0.538. The number of fused-ring (bicyclic) bond motifs is 2. The number of aromatic nitrogens is 4. The van der Waals surface area contributed by atoms with Gasteiger partial charge in [-0.3, -0.25) is 28.8 Å². The van der Waals surface area contributed by atoms with Gasteiger partial charge in [0.05, 0.1) is 79.6 Å². The van der Waals surface area contributed by atoms with Gasteiger partial charge in [0.2, 0.25) is 11.8 Å². The normalized spacial score (nSPS) is 20.5. The van der Waals surface area contributed by atoms with E-state index in [9.17, 15) is 28.0 Å². The quantitative estimate of drug-likeness (QED) is 0.203. The molecule has 0 bridgehead atoms. The lowest BCUT2D eigenvalue weighted by molar-refractivity contribution is -0.120. The second kappa shape index (κ2) is 16.1. The highest BCUT2D eigenvalue weighted by molar-refractivity contribution is 5.91. The van der Waals surface area contributed by atoms with Gasteiger partial charge in [-0.25, -0.2) is 18.4 Å². The van der Waals surface area contributed by atoms with Gasteiger partial charge >= 0.3 is 12.2 Å². The predicted molar refractivity (Wildman–Crippen MR) is 215 cm³/mol. The van der Waals surface area contributed by atoms with Crippen LogP contribution in [-0.2, 0) is 58.3 Å². The summed E-state index contributed by atoms with van der Waals surface area (Å²) >= 11 is 0. The van der Waals surface area contributed by atoms with Gasteiger partial charge in [0, 0.05) is 57.4 Å². The van der Waals surface area contributed by atoms with E-state index >= 15 is 0 Å². The number of benzene rings is 2. The van der Waals surface area contributed by atoms with Crippen LogP contribution in [0.15, 0.2) is 48.8 Å². The standard InChI is InChI=1S/2C21H24FN5O3/c1-13(28)23-8-17-11-26(21(29)30-17)16-4-5-19(18(22)6-16)25-10-15-7-24-27(20(15)12-25)9-14-2-3-14;1-13(28)23-7-17-11-27(21(29)30-17)16-4-5-20(18(22)6-16)25-9-15-10-26(8-14-2-3-14)24-19(15)12-25/h4-7,14,17H,2-3,8-12H2,1H3,(H,23,28);4-6,10,14,17H,2-3,7-9,11-12H2,1H3,(H,23,28)/t2*17-/m00/s1. The fourth-order valence-electron chi connectivity index (χ4n) is 8.15. The number of hydrogen-bond acceptors (Lipinski definition) is 10. The Morgan fingerprint density at radius 2 is 1.27 bits per heavy atom. The van der Waals surface area contributed by atoms with Crippen molar-refractivity contribution < 1.29 is 37.4 Å². The molecule has 2 saturated heterocycles. The summed E-state index contributed by atoms with van der Waals surface area (Å²) in [4.78, 5) is 53.2. The molecular weight excluding hydrogens is 779 g/mol. The molecule has 2 aliphatic carbocycles. The van der Waals surface area contributed by atoms with E-state index in [4.69, 9.17) is 9.47 Å². The van der Waals surface area contributed by atoms with Crippen molar-refractivity contribution in [3.63, 3.8) is 0 Å². The van der Waals surface area contributed by atoms with E-state index in [1.165, 1.54) is 61.5 Å². The SMILES string of the molecule is CC(=O)NC[C@H]1CN(c2ccc(N3Cc4cn(CC5CC5)nc4C3)c(F)c2)C(=O)O1.CC(=O)NC[C@H]1CN(c2ccc(N3Cc4cnn(CC5CC5)c4C3)c(F)c2)C(=O)O1. The molecule has 4 aliphatic heterocycles. The number of nitrogens with one attached hydrogen (secondary N) is 2. The average molecular weight is 827 g/mol. The molecule has 2 N–H and O–H groups in total. The number of rotatable bonds is 12. The van der Waals surface area contributed by atoms with Crippen molar-refractivity contribution in [1.82, 2.24) is 30.2 Å². The van der Waals surface area contributed by atoms with Crippen molar-refractivity contribution in [2.75, 3.05) is 45.8 Å². The van der Waals surface area contributed by atoms with Gasteiger partial charge in [-0.05, 0) is 73.9 Å². The molecule has 4 amide bonds. The fourth-order valence-corrected chi connectivity index (χ4v) is 8.15. The van der Waals surface area contributed by atoms with Crippen molar-refractivity contribution in [2.24, 2.45) is 11.8 Å². The van der Waals surface area contributed by atoms with E-state index in [2.05, 4.69) is 31.7 Å². The topological polar surface area (TPSA) is 159 Å². The zero-order valence-corrected chi connectivity index (χ0v) is 33.6. The molecule has 18 heteroatoms. The number of amides is 4. The number of hydrogen-bond donors (Lipinski definition) is 2. The molecule has 0 spiro atoms. The molecular formula is C42H48F2N10O6. The van der Waals surface area contributed by atoms with Gasteiger partial charge in [-0.1, -0.05) is 0 Å². The lowest BCUT2D eigenvalue weighted by atomic mass is 10.2. The fraction of sp³-hybridized carbons (Fsp3) is 0.476. The summed E-state index contributed by atoms with van der Waals surface area (Å²) in [6, 6.07) is 9.61. The van der Waals surface area contributed by atoms with Crippen LogP contribution < -0.4 is 30.2 Å². The molecule has 4 fully saturated rings. The largest absolute Gasteiger partial charge is 0.442 e. The Morgan fingerprint density at radius 3 is 1.78 bits per heavy atom. The lowest BCUT2D eigenvalue weighted by Crippen LogP contribution is -2.33. The summed E-state index contributed by atoms with van der Waals surface area (Å²) in [5, 5.41) is 14.4. The second-order valence-electron chi connectivity index (χ2n) is 16.6. The van der Waals surface area contributed by atoms with Crippen molar-refractivity contribution in [3.05, 3.63) is 82.9 Å². The molecule has 10 rings (SSSR count). The Labute approximate surface area is 345 Å². The van der Waals surface area contributed by atoms with E-state index in [1.54, 1.807) is 24.3 Å². The van der Waals surface area contributed by atoms with Crippen LogP contribution in [0, 0.1) is 23.5 Å². The van der Waals surface area contributed by atoms with Crippen molar-refractivity contribution in [3.8, 4) is 0 Å². The summed E-state index contributed by atoms with van der Waals surface area (Å²) in [6.45, 7) is 8.20. The zero-order valence-electron chi connectivity index (χ0n) is 33.6.